The van der Waals surface area contributed by atoms with Crippen LogP contribution in [0, 0.1) is 0 Å². The average molecular weight is 223 g/mol. The van der Waals surface area contributed by atoms with E-state index in [1.54, 1.807) is 0 Å². The second-order valence-corrected chi connectivity index (χ2v) is 4.23. The maximum absolute atomic E-state index is 11.0. The average Bonchev–Trinajstić information content (AvgIpc) is 2.27. The number of amides is 1. The van der Waals surface area contributed by atoms with Crippen LogP contribution in [-0.2, 0) is 11.2 Å². The molecule has 0 aliphatic rings. The Hall–Kier alpha value is -0.960. The van der Waals surface area contributed by atoms with E-state index in [0.29, 0.717) is 13.0 Å². The smallest absolute Gasteiger partial charge is 0.219 e. The Balaban J connectivity index is 2.30. The van der Waals surface area contributed by atoms with E-state index in [9.17, 15) is 4.79 Å². The quantitative estimate of drug-likeness (QED) is 0.735. The maximum Gasteiger partial charge on any atom is 0.219 e. The molecule has 3 heteroatoms. The third kappa shape index (κ3) is 4.88. The van der Waals surface area contributed by atoms with E-state index < -0.39 is 0 Å². The number of thiol groups is 1. The Morgan fingerprint density at radius 1 is 1.40 bits per heavy atom. The zero-order valence-corrected chi connectivity index (χ0v) is 9.84. The molecule has 0 heterocycles. The third-order valence-corrected chi connectivity index (χ3v) is 2.54. The number of hydrogen-bond donors (Lipinski definition) is 2. The normalized spacial score (nSPS) is 12.1. The monoisotopic (exact) mass is 223 g/mol. The van der Waals surface area contributed by atoms with E-state index in [4.69, 9.17) is 0 Å². The second kappa shape index (κ2) is 6.51. The molecule has 1 aromatic carbocycles. The van der Waals surface area contributed by atoms with E-state index in [1.807, 2.05) is 25.1 Å². The highest BCUT2D eigenvalue weighted by atomic mass is 32.1. The van der Waals surface area contributed by atoms with Gasteiger partial charge in [0, 0.05) is 18.2 Å². The van der Waals surface area contributed by atoms with Gasteiger partial charge in [-0.1, -0.05) is 37.3 Å². The van der Waals surface area contributed by atoms with Crippen molar-refractivity contribution in [3.8, 4) is 0 Å². The molecule has 0 aromatic heterocycles. The van der Waals surface area contributed by atoms with Crippen LogP contribution in [0.2, 0.25) is 0 Å². The summed E-state index contributed by atoms with van der Waals surface area (Å²) in [6.07, 6.45) is 1.42. The molecule has 0 aliphatic heterocycles. The first kappa shape index (κ1) is 12.1. The van der Waals surface area contributed by atoms with E-state index in [-0.39, 0.29) is 11.2 Å². The van der Waals surface area contributed by atoms with Crippen LogP contribution in [0.5, 0.6) is 0 Å². The lowest BCUT2D eigenvalue weighted by Gasteiger charge is -2.11. The number of hydrogen-bond acceptors (Lipinski definition) is 2. The minimum absolute atomic E-state index is 0.0853. The molecule has 0 aliphatic carbocycles. The van der Waals surface area contributed by atoms with Crippen molar-refractivity contribution in [1.29, 1.82) is 0 Å². The van der Waals surface area contributed by atoms with Crippen molar-refractivity contribution in [3.05, 3.63) is 35.9 Å². The molecule has 1 N–H and O–H groups in total. The first-order valence-corrected chi connectivity index (χ1v) is 5.72. The lowest BCUT2D eigenvalue weighted by Crippen LogP contribution is -2.30. The highest BCUT2D eigenvalue weighted by molar-refractivity contribution is 7.81. The second-order valence-electron chi connectivity index (χ2n) is 3.50. The van der Waals surface area contributed by atoms with E-state index >= 15 is 0 Å². The molecule has 0 bridgehead atoms. The molecule has 0 spiro atoms. The molecule has 2 nitrogen and oxygen atoms in total. The summed E-state index contributed by atoms with van der Waals surface area (Å²) in [6, 6.07) is 10.2. The van der Waals surface area contributed by atoms with Crippen molar-refractivity contribution >= 4 is 18.5 Å². The van der Waals surface area contributed by atoms with Gasteiger partial charge in [-0.2, -0.15) is 12.6 Å². The standard InChI is InChI=1S/C12H17NOS/c1-2-12(14)13-9-11(15)8-10-6-4-3-5-7-10/h3-7,11,15H,2,8-9H2,1H3,(H,13,14). The Morgan fingerprint density at radius 2 is 2.07 bits per heavy atom. The van der Waals surface area contributed by atoms with Crippen LogP contribution in [0.4, 0.5) is 0 Å². The summed E-state index contributed by atoms with van der Waals surface area (Å²) in [5.41, 5.74) is 1.25. The van der Waals surface area contributed by atoms with Crippen molar-refractivity contribution in [1.82, 2.24) is 5.32 Å². The molecule has 82 valence electrons. The highest BCUT2D eigenvalue weighted by Crippen LogP contribution is 2.06. The van der Waals surface area contributed by atoms with Crippen LogP contribution in [-0.4, -0.2) is 17.7 Å². The van der Waals surface area contributed by atoms with Crippen LogP contribution in [0.15, 0.2) is 30.3 Å². The molecule has 1 rings (SSSR count). The molecule has 1 amide bonds. The van der Waals surface area contributed by atoms with Gasteiger partial charge >= 0.3 is 0 Å². The fraction of sp³-hybridized carbons (Fsp3) is 0.417. The first-order chi connectivity index (χ1) is 7.22. The summed E-state index contributed by atoms with van der Waals surface area (Å²) in [5, 5.41) is 3.02. The minimum Gasteiger partial charge on any atom is -0.355 e. The fourth-order valence-corrected chi connectivity index (χ4v) is 1.62. The van der Waals surface area contributed by atoms with Gasteiger partial charge in [-0.15, -0.1) is 0 Å². The molecule has 1 unspecified atom stereocenters. The highest BCUT2D eigenvalue weighted by Gasteiger charge is 2.05. The van der Waals surface area contributed by atoms with Crippen LogP contribution in [0.1, 0.15) is 18.9 Å². The van der Waals surface area contributed by atoms with Crippen LogP contribution >= 0.6 is 12.6 Å². The SMILES string of the molecule is CCC(=O)NCC(S)Cc1ccccc1. The van der Waals surface area contributed by atoms with Gasteiger partial charge < -0.3 is 5.32 Å². The van der Waals surface area contributed by atoms with Crippen LogP contribution in [0.3, 0.4) is 0 Å². The third-order valence-electron chi connectivity index (χ3n) is 2.17. The van der Waals surface area contributed by atoms with Crippen LogP contribution in [0.25, 0.3) is 0 Å². The number of benzene rings is 1. The molecular weight excluding hydrogens is 206 g/mol. The topological polar surface area (TPSA) is 29.1 Å². The van der Waals surface area contributed by atoms with Gasteiger partial charge in [0.05, 0.1) is 0 Å². The summed E-state index contributed by atoms with van der Waals surface area (Å²) in [7, 11) is 0. The Morgan fingerprint density at radius 3 is 2.67 bits per heavy atom. The molecular formula is C12H17NOS. The largest absolute Gasteiger partial charge is 0.355 e. The summed E-state index contributed by atoms with van der Waals surface area (Å²) in [5.74, 6) is 0.0853. The van der Waals surface area contributed by atoms with Gasteiger partial charge in [0.1, 0.15) is 0 Å². The predicted octanol–water partition coefficient (Wildman–Crippen LogP) is 2.05. The molecule has 0 fully saturated rings. The lowest BCUT2D eigenvalue weighted by atomic mass is 10.1. The van der Waals surface area contributed by atoms with Crippen molar-refractivity contribution < 1.29 is 4.79 Å². The summed E-state index contributed by atoms with van der Waals surface area (Å²) in [6.45, 7) is 2.48. The summed E-state index contributed by atoms with van der Waals surface area (Å²) >= 11 is 4.44. The van der Waals surface area contributed by atoms with Gasteiger partial charge in [0.2, 0.25) is 5.91 Å². The van der Waals surface area contributed by atoms with Gasteiger partial charge in [0.15, 0.2) is 0 Å². The first-order valence-electron chi connectivity index (χ1n) is 5.21. The Labute approximate surface area is 96.5 Å². The van der Waals surface area contributed by atoms with Crippen molar-refractivity contribution in [2.75, 3.05) is 6.54 Å². The summed E-state index contributed by atoms with van der Waals surface area (Å²) < 4.78 is 0. The van der Waals surface area contributed by atoms with Crippen LogP contribution < -0.4 is 5.32 Å². The molecule has 15 heavy (non-hydrogen) atoms. The van der Waals surface area contributed by atoms with Gasteiger partial charge in [-0.25, -0.2) is 0 Å². The lowest BCUT2D eigenvalue weighted by molar-refractivity contribution is -0.120. The molecule has 0 saturated heterocycles. The number of carbonyl (C=O) groups excluding carboxylic acids is 1. The Bertz CT molecular complexity index is 300. The van der Waals surface area contributed by atoms with E-state index in [2.05, 4.69) is 30.1 Å². The minimum atomic E-state index is 0.0853. The van der Waals surface area contributed by atoms with Gasteiger partial charge in [-0.3, -0.25) is 4.79 Å². The number of rotatable bonds is 5. The van der Waals surface area contributed by atoms with E-state index in [1.165, 1.54) is 5.56 Å². The van der Waals surface area contributed by atoms with Crippen molar-refractivity contribution in [2.24, 2.45) is 0 Å². The van der Waals surface area contributed by atoms with Crippen molar-refractivity contribution in [2.45, 2.75) is 25.0 Å². The fourth-order valence-electron chi connectivity index (χ4n) is 1.31. The summed E-state index contributed by atoms with van der Waals surface area (Å²) in [4.78, 5) is 11.0. The Kier molecular flexibility index (Phi) is 5.26. The molecule has 0 saturated carbocycles. The van der Waals surface area contributed by atoms with Crippen molar-refractivity contribution in [3.63, 3.8) is 0 Å². The molecule has 1 aromatic rings. The zero-order valence-electron chi connectivity index (χ0n) is 8.94. The zero-order chi connectivity index (χ0) is 11.1. The van der Waals surface area contributed by atoms with Gasteiger partial charge in [-0.05, 0) is 12.0 Å². The van der Waals surface area contributed by atoms with E-state index in [0.717, 1.165) is 6.42 Å². The molecule has 1 atom stereocenters. The molecule has 0 radical (unpaired) electrons. The number of carbonyl (C=O) groups is 1. The maximum atomic E-state index is 11.0. The van der Waals surface area contributed by atoms with Gasteiger partial charge in [0.25, 0.3) is 0 Å². The number of nitrogens with one attached hydrogen (secondary N) is 1. The predicted molar refractivity (Wildman–Crippen MR) is 66.2 cm³/mol.